The SMILES string of the molecule is Clc1cccc2c1CC(N1CCCNCC1)CC2. The fourth-order valence-electron chi connectivity index (χ4n) is 3.27. The first kappa shape index (κ1) is 12.5. The first-order valence-electron chi connectivity index (χ1n) is 7.05. The van der Waals surface area contributed by atoms with Gasteiger partial charge < -0.3 is 5.32 Å². The van der Waals surface area contributed by atoms with Crippen molar-refractivity contribution in [2.45, 2.75) is 31.7 Å². The van der Waals surface area contributed by atoms with Crippen LogP contribution in [-0.2, 0) is 12.8 Å². The first-order valence-corrected chi connectivity index (χ1v) is 7.43. The summed E-state index contributed by atoms with van der Waals surface area (Å²) in [5, 5.41) is 4.44. The molecule has 1 fully saturated rings. The molecule has 1 N–H and O–H groups in total. The van der Waals surface area contributed by atoms with Crippen molar-refractivity contribution >= 4 is 11.6 Å². The van der Waals surface area contributed by atoms with E-state index in [9.17, 15) is 0 Å². The highest BCUT2D eigenvalue weighted by atomic mass is 35.5. The Morgan fingerprint density at radius 3 is 3.11 bits per heavy atom. The van der Waals surface area contributed by atoms with Gasteiger partial charge in [-0.3, -0.25) is 4.90 Å². The molecule has 1 atom stereocenters. The Labute approximate surface area is 114 Å². The van der Waals surface area contributed by atoms with Crippen LogP contribution in [0.1, 0.15) is 24.0 Å². The molecule has 1 aromatic carbocycles. The van der Waals surface area contributed by atoms with Crippen LogP contribution in [0, 0.1) is 0 Å². The van der Waals surface area contributed by atoms with E-state index in [0.717, 1.165) is 18.0 Å². The zero-order chi connectivity index (χ0) is 12.4. The second-order valence-corrected chi connectivity index (χ2v) is 5.82. The topological polar surface area (TPSA) is 15.3 Å². The van der Waals surface area contributed by atoms with Gasteiger partial charge in [0.15, 0.2) is 0 Å². The lowest BCUT2D eigenvalue weighted by Gasteiger charge is -2.34. The Hall–Kier alpha value is -0.570. The second kappa shape index (κ2) is 5.60. The van der Waals surface area contributed by atoms with E-state index in [4.69, 9.17) is 11.6 Å². The maximum Gasteiger partial charge on any atom is 0.0441 e. The monoisotopic (exact) mass is 264 g/mol. The van der Waals surface area contributed by atoms with Gasteiger partial charge in [0.05, 0.1) is 0 Å². The molecule has 1 aliphatic carbocycles. The van der Waals surface area contributed by atoms with E-state index < -0.39 is 0 Å². The Kier molecular flexibility index (Phi) is 3.88. The van der Waals surface area contributed by atoms with E-state index in [0.29, 0.717) is 6.04 Å². The van der Waals surface area contributed by atoms with Gasteiger partial charge in [0.1, 0.15) is 0 Å². The average molecular weight is 265 g/mol. The number of aryl methyl sites for hydroxylation is 1. The zero-order valence-corrected chi connectivity index (χ0v) is 11.5. The van der Waals surface area contributed by atoms with E-state index in [-0.39, 0.29) is 0 Å². The van der Waals surface area contributed by atoms with Gasteiger partial charge in [-0.25, -0.2) is 0 Å². The van der Waals surface area contributed by atoms with Crippen molar-refractivity contribution in [1.29, 1.82) is 0 Å². The Morgan fingerprint density at radius 1 is 1.22 bits per heavy atom. The maximum atomic E-state index is 6.35. The molecule has 3 rings (SSSR count). The summed E-state index contributed by atoms with van der Waals surface area (Å²) in [7, 11) is 0. The third-order valence-electron chi connectivity index (χ3n) is 4.29. The van der Waals surface area contributed by atoms with Crippen LogP contribution in [0.5, 0.6) is 0 Å². The summed E-state index contributed by atoms with van der Waals surface area (Å²) < 4.78 is 0. The third-order valence-corrected chi connectivity index (χ3v) is 4.65. The van der Waals surface area contributed by atoms with Gasteiger partial charge in [0, 0.05) is 24.2 Å². The lowest BCUT2D eigenvalue weighted by Crippen LogP contribution is -2.41. The summed E-state index contributed by atoms with van der Waals surface area (Å²) in [6.07, 6.45) is 4.87. The number of nitrogens with one attached hydrogen (secondary N) is 1. The fourth-order valence-corrected chi connectivity index (χ4v) is 3.54. The van der Waals surface area contributed by atoms with Gasteiger partial charge in [0.2, 0.25) is 0 Å². The molecule has 0 spiro atoms. The Bertz CT molecular complexity index is 411. The molecule has 0 amide bonds. The van der Waals surface area contributed by atoms with Crippen molar-refractivity contribution in [1.82, 2.24) is 10.2 Å². The van der Waals surface area contributed by atoms with Crippen LogP contribution in [0.25, 0.3) is 0 Å². The minimum Gasteiger partial charge on any atom is -0.315 e. The van der Waals surface area contributed by atoms with E-state index in [1.54, 1.807) is 0 Å². The molecule has 1 heterocycles. The quantitative estimate of drug-likeness (QED) is 0.839. The summed E-state index contributed by atoms with van der Waals surface area (Å²) in [6.45, 7) is 4.72. The number of fused-ring (bicyclic) bond motifs is 1. The number of hydrogen-bond acceptors (Lipinski definition) is 2. The molecular formula is C15H21ClN2. The molecule has 3 heteroatoms. The minimum atomic E-state index is 0.692. The van der Waals surface area contributed by atoms with Crippen molar-refractivity contribution < 1.29 is 0 Å². The maximum absolute atomic E-state index is 6.35. The molecule has 0 radical (unpaired) electrons. The normalized spacial score (nSPS) is 25.5. The number of rotatable bonds is 1. The van der Waals surface area contributed by atoms with Gasteiger partial charge in [-0.05, 0) is 56.0 Å². The highest BCUT2D eigenvalue weighted by Gasteiger charge is 2.25. The van der Waals surface area contributed by atoms with Crippen molar-refractivity contribution in [3.8, 4) is 0 Å². The molecular weight excluding hydrogens is 244 g/mol. The van der Waals surface area contributed by atoms with Crippen LogP contribution < -0.4 is 5.32 Å². The van der Waals surface area contributed by atoms with E-state index in [1.807, 2.05) is 6.07 Å². The predicted molar refractivity (Wildman–Crippen MR) is 76.3 cm³/mol. The van der Waals surface area contributed by atoms with Crippen LogP contribution >= 0.6 is 11.6 Å². The molecule has 2 nitrogen and oxygen atoms in total. The first-order chi connectivity index (χ1) is 8.84. The molecule has 2 aliphatic rings. The Balaban J connectivity index is 1.75. The molecule has 18 heavy (non-hydrogen) atoms. The number of nitrogens with zero attached hydrogens (tertiary/aromatic N) is 1. The van der Waals surface area contributed by atoms with Crippen LogP contribution in [0.2, 0.25) is 5.02 Å². The number of hydrogen-bond donors (Lipinski definition) is 1. The summed E-state index contributed by atoms with van der Waals surface area (Å²) >= 11 is 6.35. The molecule has 1 unspecified atom stereocenters. The lowest BCUT2D eigenvalue weighted by atomic mass is 9.87. The molecule has 0 saturated carbocycles. The standard InChI is InChI=1S/C15H21ClN2/c16-15-4-1-3-12-5-6-13(11-14(12)15)18-9-2-7-17-8-10-18/h1,3-4,13,17H,2,5-11H2. The van der Waals surface area contributed by atoms with Crippen molar-refractivity contribution in [2.75, 3.05) is 26.2 Å². The van der Waals surface area contributed by atoms with Crippen molar-refractivity contribution in [3.05, 3.63) is 34.3 Å². The highest BCUT2D eigenvalue weighted by molar-refractivity contribution is 6.31. The van der Waals surface area contributed by atoms with Crippen molar-refractivity contribution in [3.63, 3.8) is 0 Å². The van der Waals surface area contributed by atoms with E-state index in [1.165, 1.54) is 50.0 Å². The van der Waals surface area contributed by atoms with Crippen LogP contribution in [-0.4, -0.2) is 37.1 Å². The summed E-state index contributed by atoms with van der Waals surface area (Å²) in [4.78, 5) is 2.66. The lowest BCUT2D eigenvalue weighted by molar-refractivity contribution is 0.191. The van der Waals surface area contributed by atoms with Gasteiger partial charge in [0.25, 0.3) is 0 Å². The number of halogens is 1. The third kappa shape index (κ3) is 2.56. The fraction of sp³-hybridized carbons (Fsp3) is 0.600. The van der Waals surface area contributed by atoms with Crippen LogP contribution in [0.3, 0.4) is 0 Å². The molecule has 0 bridgehead atoms. The second-order valence-electron chi connectivity index (χ2n) is 5.41. The largest absolute Gasteiger partial charge is 0.315 e. The highest BCUT2D eigenvalue weighted by Crippen LogP contribution is 2.30. The molecule has 1 aromatic rings. The van der Waals surface area contributed by atoms with E-state index in [2.05, 4.69) is 22.3 Å². The van der Waals surface area contributed by atoms with Crippen molar-refractivity contribution in [2.24, 2.45) is 0 Å². The molecule has 0 aromatic heterocycles. The van der Waals surface area contributed by atoms with Gasteiger partial charge in [-0.1, -0.05) is 23.7 Å². The molecule has 1 saturated heterocycles. The van der Waals surface area contributed by atoms with Gasteiger partial charge >= 0.3 is 0 Å². The van der Waals surface area contributed by atoms with Crippen LogP contribution in [0.4, 0.5) is 0 Å². The van der Waals surface area contributed by atoms with Gasteiger partial charge in [-0.2, -0.15) is 0 Å². The molecule has 98 valence electrons. The summed E-state index contributed by atoms with van der Waals surface area (Å²) in [5.41, 5.74) is 2.86. The zero-order valence-electron chi connectivity index (χ0n) is 10.8. The van der Waals surface area contributed by atoms with Crippen LogP contribution in [0.15, 0.2) is 18.2 Å². The Morgan fingerprint density at radius 2 is 2.17 bits per heavy atom. The predicted octanol–water partition coefficient (Wildman–Crippen LogP) is 2.49. The summed E-state index contributed by atoms with van der Waals surface area (Å²) in [5.74, 6) is 0. The average Bonchev–Trinajstić information content (AvgIpc) is 2.68. The smallest absolute Gasteiger partial charge is 0.0441 e. The summed E-state index contributed by atoms with van der Waals surface area (Å²) in [6, 6.07) is 7.04. The number of benzene rings is 1. The van der Waals surface area contributed by atoms with Gasteiger partial charge in [-0.15, -0.1) is 0 Å². The van der Waals surface area contributed by atoms with E-state index >= 15 is 0 Å². The molecule has 1 aliphatic heterocycles. The minimum absolute atomic E-state index is 0.692.